The Morgan fingerprint density at radius 2 is 0.726 bits per heavy atom. The third kappa shape index (κ3) is 44.4. The molecule has 0 aromatic carbocycles. The summed E-state index contributed by atoms with van der Waals surface area (Å²) < 4.78 is 6.09. The highest BCUT2D eigenvalue weighted by Crippen LogP contribution is 2.20. The van der Waals surface area contributed by atoms with E-state index in [1.54, 1.807) is 0 Å². The van der Waals surface area contributed by atoms with Crippen LogP contribution in [0.25, 0.3) is 0 Å². The number of amides is 2. The van der Waals surface area contributed by atoms with E-state index in [-0.39, 0.29) is 24.5 Å². The summed E-state index contributed by atoms with van der Waals surface area (Å²) >= 11 is 0. The van der Waals surface area contributed by atoms with Crippen molar-refractivity contribution in [2.75, 3.05) is 13.2 Å². The van der Waals surface area contributed by atoms with Crippen LogP contribution in [0.2, 0.25) is 0 Å². The second-order valence-corrected chi connectivity index (χ2v) is 18.7. The lowest BCUT2D eigenvalue weighted by molar-refractivity contribution is -0.150. The van der Waals surface area contributed by atoms with Crippen molar-refractivity contribution in [3.63, 3.8) is 0 Å². The largest absolute Gasteiger partial charge is 0.480 e. The van der Waals surface area contributed by atoms with Gasteiger partial charge in [0.05, 0.1) is 13.2 Å². The molecule has 2 amide bonds. The first-order valence-corrected chi connectivity index (χ1v) is 26.9. The van der Waals surface area contributed by atoms with Crippen molar-refractivity contribution in [2.24, 2.45) is 0 Å². The highest BCUT2D eigenvalue weighted by atomic mass is 16.5. The fourth-order valence-electron chi connectivity index (χ4n) is 8.48. The van der Waals surface area contributed by atoms with Crippen LogP contribution in [-0.4, -0.2) is 59.3 Å². The van der Waals surface area contributed by atoms with Gasteiger partial charge in [-0.1, -0.05) is 239 Å². The highest BCUT2D eigenvalue weighted by Gasteiger charge is 2.19. The molecule has 0 aliphatic rings. The number of carbonyl (C=O) groups is 4. The molecule has 9 heteroatoms. The summed E-state index contributed by atoms with van der Waals surface area (Å²) in [7, 11) is 0. The summed E-state index contributed by atoms with van der Waals surface area (Å²) in [5.41, 5.74) is 0. The molecule has 0 aliphatic carbocycles. The van der Waals surface area contributed by atoms with Gasteiger partial charge in [-0.3, -0.25) is 14.4 Å². The quantitative estimate of drug-likeness (QED) is 0.0352. The molecule has 0 rings (SSSR count). The molecule has 0 bridgehead atoms. The van der Waals surface area contributed by atoms with Gasteiger partial charge in [-0.2, -0.15) is 0 Å². The number of esters is 1. The Morgan fingerprint density at radius 1 is 0.419 bits per heavy atom. The zero-order valence-electron chi connectivity index (χ0n) is 40.9. The number of aliphatic hydroxyl groups excluding tert-OH is 1. The smallest absolute Gasteiger partial charge is 0.328 e. The summed E-state index contributed by atoms with van der Waals surface area (Å²) in [6.07, 6.45) is 52.9. The maximum Gasteiger partial charge on any atom is 0.328 e. The van der Waals surface area contributed by atoms with E-state index in [1.165, 1.54) is 199 Å². The maximum atomic E-state index is 12.9. The summed E-state index contributed by atoms with van der Waals surface area (Å²) in [6, 6.07) is -1.38. The molecule has 0 aromatic heterocycles. The first-order chi connectivity index (χ1) is 30.3. The lowest BCUT2D eigenvalue weighted by Gasteiger charge is -2.18. The Labute approximate surface area is 382 Å². The van der Waals surface area contributed by atoms with Crippen LogP contribution in [0.15, 0.2) is 0 Å². The molecular formula is C53H102N2O7. The van der Waals surface area contributed by atoms with Gasteiger partial charge >= 0.3 is 11.9 Å². The fraction of sp³-hybridized carbons (Fsp3) is 0.925. The molecule has 2 unspecified atom stereocenters. The Bertz CT molecular complexity index is 1010. The molecule has 0 aliphatic heterocycles. The molecular weight excluding hydrogens is 777 g/mol. The van der Waals surface area contributed by atoms with Gasteiger partial charge in [-0.25, -0.2) is 4.79 Å². The molecule has 0 saturated heterocycles. The number of hydrogen-bond donors (Lipinski definition) is 4. The van der Waals surface area contributed by atoms with E-state index >= 15 is 0 Å². The predicted octanol–water partition coefficient (Wildman–Crippen LogP) is 14.4. The number of rotatable bonds is 50. The molecule has 9 nitrogen and oxygen atoms in total. The zero-order valence-corrected chi connectivity index (χ0v) is 40.9. The van der Waals surface area contributed by atoms with E-state index in [2.05, 4.69) is 24.5 Å². The van der Waals surface area contributed by atoms with E-state index in [4.69, 9.17) is 14.9 Å². The Balaban J connectivity index is 4.23. The number of aliphatic hydroxyl groups is 1. The highest BCUT2D eigenvalue weighted by molar-refractivity contribution is 5.87. The van der Waals surface area contributed by atoms with Gasteiger partial charge < -0.3 is 25.6 Å². The molecule has 0 heterocycles. The van der Waals surface area contributed by atoms with Gasteiger partial charge in [-0.05, 0) is 38.5 Å². The molecule has 4 N–H and O–H groups in total. The average molecular weight is 879 g/mol. The van der Waals surface area contributed by atoms with Crippen molar-refractivity contribution in [3.05, 3.63) is 0 Å². The van der Waals surface area contributed by atoms with Crippen LogP contribution in [-0.2, 0) is 23.9 Å². The molecule has 62 heavy (non-hydrogen) atoms. The Kier molecular flexibility index (Phi) is 46.6. The van der Waals surface area contributed by atoms with Crippen LogP contribution in [0.3, 0.4) is 0 Å². The van der Waals surface area contributed by atoms with Gasteiger partial charge in [0, 0.05) is 12.8 Å². The number of ether oxygens (including phenoxy) is 1. The third-order valence-corrected chi connectivity index (χ3v) is 12.6. The molecule has 366 valence electrons. The van der Waals surface area contributed by atoms with Gasteiger partial charge in [0.1, 0.15) is 12.1 Å². The molecule has 0 saturated carbocycles. The average Bonchev–Trinajstić information content (AvgIpc) is 3.26. The van der Waals surface area contributed by atoms with Gasteiger partial charge in [0.2, 0.25) is 11.8 Å². The second-order valence-electron chi connectivity index (χ2n) is 18.7. The number of carboxylic acid groups (broad SMARTS) is 1. The van der Waals surface area contributed by atoms with E-state index in [0.717, 1.165) is 57.8 Å². The molecule has 0 spiro atoms. The first-order valence-electron chi connectivity index (χ1n) is 26.9. The standard InChI is InChI=1S/C53H102N2O7/c1-3-5-7-9-11-13-15-17-19-20-21-22-24-26-28-30-32-37-41-45-52(59)62-48(42-38-34-31-29-27-25-23-18-16-14-12-10-8-6-4-2)43-39-35-33-36-40-44-50(57)54-46-51(58)55-49(47-56)53(60)61/h48-49,56H,3-47H2,1-2H3,(H,54,57)(H,55,58)(H,60,61). The first kappa shape index (κ1) is 59.8. The molecule has 0 fully saturated rings. The number of aliphatic carboxylic acids is 1. The van der Waals surface area contributed by atoms with Crippen molar-refractivity contribution >= 4 is 23.8 Å². The lowest BCUT2D eigenvalue weighted by Crippen LogP contribution is -2.47. The summed E-state index contributed by atoms with van der Waals surface area (Å²) in [5.74, 6) is -2.26. The van der Waals surface area contributed by atoms with Crippen LogP contribution in [0.5, 0.6) is 0 Å². The summed E-state index contributed by atoms with van der Waals surface area (Å²) in [6.45, 7) is 3.54. The number of nitrogens with one attached hydrogen (secondary N) is 2. The minimum absolute atomic E-state index is 0.00623. The summed E-state index contributed by atoms with van der Waals surface area (Å²) in [4.78, 5) is 47.8. The van der Waals surface area contributed by atoms with Crippen molar-refractivity contribution in [1.82, 2.24) is 10.6 Å². The SMILES string of the molecule is CCCCCCCCCCCCCCCCCCCCCC(=O)OC(CCCCCCCCCCCCCCCCC)CCCCCCCC(=O)NCC(=O)NC(CO)C(=O)O. The van der Waals surface area contributed by atoms with Crippen LogP contribution in [0, 0.1) is 0 Å². The van der Waals surface area contributed by atoms with E-state index in [9.17, 15) is 19.2 Å². The second kappa shape index (κ2) is 48.3. The van der Waals surface area contributed by atoms with Gasteiger partial charge in [0.15, 0.2) is 0 Å². The van der Waals surface area contributed by atoms with Crippen molar-refractivity contribution in [3.8, 4) is 0 Å². The van der Waals surface area contributed by atoms with Crippen LogP contribution >= 0.6 is 0 Å². The number of carboxylic acids is 1. The lowest BCUT2D eigenvalue weighted by atomic mass is 10.0. The minimum Gasteiger partial charge on any atom is -0.480 e. The molecule has 0 radical (unpaired) electrons. The van der Waals surface area contributed by atoms with Crippen molar-refractivity contribution < 1.29 is 34.1 Å². The van der Waals surface area contributed by atoms with Crippen LogP contribution < -0.4 is 10.6 Å². The third-order valence-electron chi connectivity index (χ3n) is 12.6. The van der Waals surface area contributed by atoms with Gasteiger partial charge in [-0.15, -0.1) is 0 Å². The fourth-order valence-corrected chi connectivity index (χ4v) is 8.48. The number of unbranched alkanes of at least 4 members (excludes halogenated alkanes) is 36. The normalized spacial score (nSPS) is 12.3. The predicted molar refractivity (Wildman–Crippen MR) is 259 cm³/mol. The summed E-state index contributed by atoms with van der Waals surface area (Å²) in [5, 5.41) is 22.6. The zero-order chi connectivity index (χ0) is 45.4. The Hall–Kier alpha value is -2.16. The number of carbonyl (C=O) groups excluding carboxylic acids is 3. The topological polar surface area (TPSA) is 142 Å². The van der Waals surface area contributed by atoms with Crippen LogP contribution in [0.1, 0.15) is 290 Å². The van der Waals surface area contributed by atoms with Crippen LogP contribution in [0.4, 0.5) is 0 Å². The van der Waals surface area contributed by atoms with E-state index < -0.39 is 24.5 Å². The molecule has 2 atom stereocenters. The van der Waals surface area contributed by atoms with Gasteiger partial charge in [0.25, 0.3) is 0 Å². The maximum absolute atomic E-state index is 12.9. The van der Waals surface area contributed by atoms with E-state index in [0.29, 0.717) is 19.3 Å². The molecule has 0 aromatic rings. The van der Waals surface area contributed by atoms with Crippen molar-refractivity contribution in [1.29, 1.82) is 0 Å². The Morgan fingerprint density at radius 3 is 1.05 bits per heavy atom. The monoisotopic (exact) mass is 879 g/mol. The van der Waals surface area contributed by atoms with E-state index in [1.807, 2.05) is 0 Å². The van der Waals surface area contributed by atoms with Crippen molar-refractivity contribution in [2.45, 2.75) is 302 Å². The minimum atomic E-state index is -1.38. The number of hydrogen-bond acceptors (Lipinski definition) is 6.